The molecular weight excluding hydrogens is 302 g/mol. The largest absolute Gasteiger partial charge is 0.449 e. The summed E-state index contributed by atoms with van der Waals surface area (Å²) >= 11 is 0. The van der Waals surface area contributed by atoms with Crippen molar-refractivity contribution in [3.63, 3.8) is 0 Å². The van der Waals surface area contributed by atoms with Gasteiger partial charge in [0.1, 0.15) is 0 Å². The van der Waals surface area contributed by atoms with Crippen LogP contribution in [0.15, 0.2) is 54.6 Å². The number of para-hydroxylation sites is 1. The van der Waals surface area contributed by atoms with Crippen molar-refractivity contribution in [2.75, 3.05) is 5.32 Å². The molecule has 1 unspecified atom stereocenters. The highest BCUT2D eigenvalue weighted by Crippen LogP contribution is 2.14. The van der Waals surface area contributed by atoms with Crippen LogP contribution in [0.25, 0.3) is 6.08 Å². The summed E-state index contributed by atoms with van der Waals surface area (Å²) in [5.74, 6) is -0.913. The Morgan fingerprint density at radius 2 is 1.71 bits per heavy atom. The number of ether oxygens (including phenoxy) is 1. The molecule has 2 aromatic carbocycles. The lowest BCUT2D eigenvalue weighted by Gasteiger charge is -2.13. The summed E-state index contributed by atoms with van der Waals surface area (Å²) in [6, 6.07) is 15.2. The van der Waals surface area contributed by atoms with E-state index in [0.29, 0.717) is 5.69 Å². The molecule has 0 saturated carbocycles. The highest BCUT2D eigenvalue weighted by atomic mass is 16.5. The van der Waals surface area contributed by atoms with E-state index < -0.39 is 12.1 Å². The van der Waals surface area contributed by atoms with Crippen LogP contribution < -0.4 is 5.32 Å². The molecule has 0 aromatic heterocycles. The lowest BCUT2D eigenvalue weighted by atomic mass is 10.1. The Morgan fingerprint density at radius 3 is 2.38 bits per heavy atom. The molecule has 0 heterocycles. The maximum atomic E-state index is 12.1. The first-order valence-electron chi connectivity index (χ1n) is 7.77. The Hall–Kier alpha value is -2.88. The number of nitrogens with one attached hydrogen (secondary N) is 1. The third-order valence-electron chi connectivity index (χ3n) is 3.55. The second kappa shape index (κ2) is 8.11. The highest BCUT2D eigenvalue weighted by Gasteiger charge is 2.17. The minimum absolute atomic E-state index is 0.360. The summed E-state index contributed by atoms with van der Waals surface area (Å²) in [5.41, 5.74) is 3.70. The van der Waals surface area contributed by atoms with E-state index in [0.717, 1.165) is 16.7 Å². The van der Waals surface area contributed by atoms with Crippen molar-refractivity contribution in [3.05, 3.63) is 71.3 Å². The first-order valence-corrected chi connectivity index (χ1v) is 7.77. The lowest BCUT2D eigenvalue weighted by Crippen LogP contribution is -2.29. The van der Waals surface area contributed by atoms with Crippen molar-refractivity contribution in [1.82, 2.24) is 0 Å². The third kappa shape index (κ3) is 5.09. The van der Waals surface area contributed by atoms with Crippen LogP contribution in [0.1, 0.15) is 23.6 Å². The molecule has 0 fully saturated rings. The average molecular weight is 323 g/mol. The van der Waals surface area contributed by atoms with Gasteiger partial charge in [0.25, 0.3) is 5.91 Å². The van der Waals surface area contributed by atoms with Crippen LogP contribution in [0.4, 0.5) is 5.69 Å². The summed E-state index contributed by atoms with van der Waals surface area (Å²) in [5, 5.41) is 2.76. The normalized spacial score (nSPS) is 12.0. The Kier molecular flexibility index (Phi) is 5.90. The van der Waals surface area contributed by atoms with E-state index in [-0.39, 0.29) is 5.91 Å². The van der Waals surface area contributed by atoms with Gasteiger partial charge >= 0.3 is 5.97 Å². The molecule has 4 nitrogen and oxygen atoms in total. The molecule has 4 heteroatoms. The first kappa shape index (κ1) is 17.5. The van der Waals surface area contributed by atoms with Gasteiger partial charge in [-0.25, -0.2) is 4.79 Å². The molecule has 0 aliphatic heterocycles. The van der Waals surface area contributed by atoms with Gasteiger partial charge in [-0.1, -0.05) is 48.0 Å². The second-order valence-electron chi connectivity index (χ2n) is 5.63. The quantitative estimate of drug-likeness (QED) is 0.671. The number of anilines is 1. The number of hydrogen-bond donors (Lipinski definition) is 1. The summed E-state index contributed by atoms with van der Waals surface area (Å²) in [6.07, 6.45) is 2.11. The topological polar surface area (TPSA) is 55.4 Å². The maximum absolute atomic E-state index is 12.1. The maximum Gasteiger partial charge on any atom is 0.331 e. The van der Waals surface area contributed by atoms with E-state index in [1.54, 1.807) is 19.1 Å². The number of esters is 1. The van der Waals surface area contributed by atoms with E-state index in [2.05, 4.69) is 5.32 Å². The van der Waals surface area contributed by atoms with Gasteiger partial charge in [0.05, 0.1) is 0 Å². The van der Waals surface area contributed by atoms with E-state index in [4.69, 9.17) is 4.74 Å². The molecule has 0 saturated heterocycles. The molecule has 0 radical (unpaired) electrons. The Bertz CT molecular complexity index is 748. The smallest absolute Gasteiger partial charge is 0.331 e. The summed E-state index contributed by atoms with van der Waals surface area (Å²) in [7, 11) is 0. The van der Waals surface area contributed by atoms with Gasteiger partial charge in [-0.15, -0.1) is 0 Å². The van der Waals surface area contributed by atoms with Gasteiger partial charge in [-0.2, -0.15) is 0 Å². The SMILES string of the molecule is Cc1ccc(C=CC(=O)OC(C)C(=O)Nc2ccccc2C)cc1. The monoisotopic (exact) mass is 323 g/mol. The molecule has 0 bridgehead atoms. The number of amides is 1. The number of rotatable bonds is 5. The first-order chi connectivity index (χ1) is 11.5. The number of benzene rings is 2. The summed E-state index contributed by atoms with van der Waals surface area (Å²) in [4.78, 5) is 23.9. The van der Waals surface area contributed by atoms with Crippen LogP contribution in [0.2, 0.25) is 0 Å². The molecule has 124 valence electrons. The predicted molar refractivity (Wildman–Crippen MR) is 95.6 cm³/mol. The van der Waals surface area contributed by atoms with Gasteiger partial charge in [0, 0.05) is 11.8 Å². The molecule has 0 spiro atoms. The number of hydrogen-bond acceptors (Lipinski definition) is 3. The Morgan fingerprint density at radius 1 is 1.04 bits per heavy atom. The number of aryl methyl sites for hydroxylation is 2. The van der Waals surface area contributed by atoms with Crippen molar-refractivity contribution < 1.29 is 14.3 Å². The standard InChI is InChI=1S/C20H21NO3/c1-14-8-10-17(11-9-14)12-13-19(22)24-16(3)20(23)21-18-7-5-4-6-15(18)2/h4-13,16H,1-3H3,(H,21,23). The molecule has 0 aliphatic carbocycles. The van der Waals surface area contributed by atoms with Crippen LogP contribution >= 0.6 is 0 Å². The van der Waals surface area contributed by atoms with Crippen LogP contribution in [0, 0.1) is 13.8 Å². The van der Waals surface area contributed by atoms with Gasteiger partial charge in [0.15, 0.2) is 6.10 Å². The van der Waals surface area contributed by atoms with Crippen molar-refractivity contribution in [2.45, 2.75) is 26.9 Å². The number of carbonyl (C=O) groups is 2. The van der Waals surface area contributed by atoms with Crippen LogP contribution in [-0.2, 0) is 14.3 Å². The highest BCUT2D eigenvalue weighted by molar-refractivity contribution is 5.97. The zero-order valence-electron chi connectivity index (χ0n) is 14.1. The van der Waals surface area contributed by atoms with E-state index in [9.17, 15) is 9.59 Å². The van der Waals surface area contributed by atoms with Crippen LogP contribution in [-0.4, -0.2) is 18.0 Å². The Labute approximate surface area is 142 Å². The third-order valence-corrected chi connectivity index (χ3v) is 3.55. The van der Waals surface area contributed by atoms with Crippen LogP contribution in [0.3, 0.4) is 0 Å². The minimum atomic E-state index is -0.875. The minimum Gasteiger partial charge on any atom is -0.449 e. The molecule has 1 amide bonds. The van der Waals surface area contributed by atoms with Gasteiger partial charge in [0.2, 0.25) is 0 Å². The molecule has 24 heavy (non-hydrogen) atoms. The lowest BCUT2D eigenvalue weighted by molar-refractivity contribution is -0.148. The molecule has 2 aromatic rings. The van der Waals surface area contributed by atoms with E-state index in [1.165, 1.54) is 6.08 Å². The van der Waals surface area contributed by atoms with Gasteiger partial charge in [-0.05, 0) is 44.0 Å². The van der Waals surface area contributed by atoms with Crippen molar-refractivity contribution in [3.8, 4) is 0 Å². The van der Waals surface area contributed by atoms with Crippen molar-refractivity contribution >= 4 is 23.6 Å². The van der Waals surface area contributed by atoms with Crippen molar-refractivity contribution in [2.24, 2.45) is 0 Å². The fourth-order valence-corrected chi connectivity index (χ4v) is 2.06. The fourth-order valence-electron chi connectivity index (χ4n) is 2.06. The number of carbonyl (C=O) groups excluding carboxylic acids is 2. The fraction of sp³-hybridized carbons (Fsp3) is 0.200. The van der Waals surface area contributed by atoms with Crippen LogP contribution in [0.5, 0.6) is 0 Å². The van der Waals surface area contributed by atoms with E-state index in [1.807, 2.05) is 56.3 Å². The summed E-state index contributed by atoms with van der Waals surface area (Å²) in [6.45, 7) is 5.44. The van der Waals surface area contributed by atoms with E-state index >= 15 is 0 Å². The zero-order chi connectivity index (χ0) is 17.5. The zero-order valence-corrected chi connectivity index (χ0v) is 14.1. The molecular formula is C20H21NO3. The molecule has 1 atom stereocenters. The Balaban J connectivity index is 1.90. The second-order valence-corrected chi connectivity index (χ2v) is 5.63. The van der Waals surface area contributed by atoms with Crippen molar-refractivity contribution in [1.29, 1.82) is 0 Å². The summed E-state index contributed by atoms with van der Waals surface area (Å²) < 4.78 is 5.13. The molecule has 0 aliphatic rings. The average Bonchev–Trinajstić information content (AvgIpc) is 2.56. The van der Waals surface area contributed by atoms with Gasteiger partial charge in [-0.3, -0.25) is 4.79 Å². The predicted octanol–water partition coefficient (Wildman–Crippen LogP) is 3.89. The van der Waals surface area contributed by atoms with Gasteiger partial charge < -0.3 is 10.1 Å². The molecule has 1 N–H and O–H groups in total. The molecule has 2 rings (SSSR count).